The quantitative estimate of drug-likeness (QED) is 0.757. The summed E-state index contributed by atoms with van der Waals surface area (Å²) in [5, 5.41) is 12.7. The van der Waals surface area contributed by atoms with Gasteiger partial charge in [0.2, 0.25) is 5.91 Å². The largest absolute Gasteiger partial charge is 0.387 e. The maximum Gasteiger partial charge on any atom is 0.220 e. The molecule has 25 heavy (non-hydrogen) atoms. The zero-order valence-electron chi connectivity index (χ0n) is 13.8. The van der Waals surface area contributed by atoms with E-state index in [4.69, 9.17) is 0 Å². The summed E-state index contributed by atoms with van der Waals surface area (Å²) in [5.41, 5.74) is 1.66. The Bertz CT molecular complexity index is 777. The number of rotatable bonds is 7. The van der Waals surface area contributed by atoms with Crippen molar-refractivity contribution in [2.24, 2.45) is 0 Å². The standard InChI is InChI=1S/C19H19F2NO3/c1-12-4-2-3-5-14(12)18(24)11-22-19(25)9-8-17(23)13-6-7-15(20)16(21)10-13/h2-7,10,18,24H,8-9,11H2,1H3,(H,22,25). The average Bonchev–Trinajstić information content (AvgIpc) is 2.60. The molecule has 1 atom stereocenters. The minimum atomic E-state index is -1.10. The van der Waals surface area contributed by atoms with Gasteiger partial charge < -0.3 is 10.4 Å². The minimum absolute atomic E-state index is 0.0200. The Balaban J connectivity index is 1.81. The van der Waals surface area contributed by atoms with E-state index in [2.05, 4.69) is 5.32 Å². The molecule has 1 amide bonds. The molecular formula is C19H19F2NO3. The van der Waals surface area contributed by atoms with Crippen LogP contribution in [0.25, 0.3) is 0 Å². The SMILES string of the molecule is Cc1ccccc1C(O)CNC(=O)CCC(=O)c1ccc(F)c(F)c1. The summed E-state index contributed by atoms with van der Waals surface area (Å²) in [6.45, 7) is 1.89. The Morgan fingerprint density at radius 2 is 1.80 bits per heavy atom. The van der Waals surface area contributed by atoms with Gasteiger partial charge >= 0.3 is 0 Å². The fourth-order valence-electron chi connectivity index (χ4n) is 2.41. The van der Waals surface area contributed by atoms with Gasteiger partial charge in [0, 0.05) is 24.9 Å². The number of hydrogen-bond donors (Lipinski definition) is 2. The number of halogens is 2. The maximum atomic E-state index is 13.1. The van der Waals surface area contributed by atoms with E-state index in [1.807, 2.05) is 19.1 Å². The number of amides is 1. The number of hydrogen-bond acceptors (Lipinski definition) is 3. The number of ketones is 1. The topological polar surface area (TPSA) is 66.4 Å². The molecule has 0 heterocycles. The van der Waals surface area contributed by atoms with E-state index in [9.17, 15) is 23.5 Å². The zero-order chi connectivity index (χ0) is 18.4. The van der Waals surface area contributed by atoms with Crippen molar-refractivity contribution >= 4 is 11.7 Å². The van der Waals surface area contributed by atoms with Gasteiger partial charge in [0.25, 0.3) is 0 Å². The van der Waals surface area contributed by atoms with Gasteiger partial charge in [-0.25, -0.2) is 8.78 Å². The molecule has 2 N–H and O–H groups in total. The van der Waals surface area contributed by atoms with Crippen LogP contribution in [-0.4, -0.2) is 23.3 Å². The van der Waals surface area contributed by atoms with Gasteiger partial charge in [-0.1, -0.05) is 24.3 Å². The van der Waals surface area contributed by atoms with E-state index in [-0.39, 0.29) is 24.9 Å². The molecule has 0 aliphatic carbocycles. The third-order valence-electron chi connectivity index (χ3n) is 3.86. The fraction of sp³-hybridized carbons (Fsp3) is 0.263. The second kappa shape index (κ2) is 8.48. The van der Waals surface area contributed by atoms with Crippen molar-refractivity contribution in [1.82, 2.24) is 5.32 Å². The molecular weight excluding hydrogens is 328 g/mol. The summed E-state index contributed by atoms with van der Waals surface area (Å²) in [5.74, 6) is -2.98. The first-order valence-corrected chi connectivity index (χ1v) is 7.87. The van der Waals surface area contributed by atoms with E-state index < -0.39 is 29.4 Å². The van der Waals surface area contributed by atoms with Crippen molar-refractivity contribution in [3.8, 4) is 0 Å². The number of carbonyl (C=O) groups is 2. The van der Waals surface area contributed by atoms with Crippen molar-refractivity contribution in [1.29, 1.82) is 0 Å². The van der Waals surface area contributed by atoms with Crippen LogP contribution in [0.15, 0.2) is 42.5 Å². The Morgan fingerprint density at radius 3 is 2.48 bits per heavy atom. The van der Waals surface area contributed by atoms with Gasteiger partial charge in [0.15, 0.2) is 17.4 Å². The van der Waals surface area contributed by atoms with E-state index in [0.717, 1.165) is 23.3 Å². The Morgan fingerprint density at radius 1 is 1.08 bits per heavy atom. The average molecular weight is 347 g/mol. The molecule has 6 heteroatoms. The van der Waals surface area contributed by atoms with Crippen molar-refractivity contribution < 1.29 is 23.5 Å². The predicted octanol–water partition coefficient (Wildman–Crippen LogP) is 3.09. The third kappa shape index (κ3) is 5.19. The molecule has 2 rings (SSSR count). The molecule has 0 aromatic heterocycles. The lowest BCUT2D eigenvalue weighted by Gasteiger charge is -2.14. The number of nitrogens with one attached hydrogen (secondary N) is 1. The van der Waals surface area contributed by atoms with Gasteiger partial charge in [0.05, 0.1) is 6.10 Å². The maximum absolute atomic E-state index is 13.1. The van der Waals surface area contributed by atoms with Crippen molar-refractivity contribution in [2.45, 2.75) is 25.9 Å². The van der Waals surface area contributed by atoms with Crippen LogP contribution in [0.3, 0.4) is 0 Å². The summed E-state index contributed by atoms with van der Waals surface area (Å²) < 4.78 is 26.0. The summed E-state index contributed by atoms with van der Waals surface area (Å²) in [6, 6.07) is 10.2. The van der Waals surface area contributed by atoms with Crippen LogP contribution in [-0.2, 0) is 4.79 Å². The number of Topliss-reactive ketones (excluding diaryl/α,β-unsaturated/α-hetero) is 1. The molecule has 132 valence electrons. The van der Waals surface area contributed by atoms with Crippen LogP contribution >= 0.6 is 0 Å². The monoisotopic (exact) mass is 347 g/mol. The first-order valence-electron chi connectivity index (χ1n) is 7.87. The second-order valence-corrected chi connectivity index (χ2v) is 5.73. The Labute approximate surface area is 144 Å². The third-order valence-corrected chi connectivity index (χ3v) is 3.86. The normalized spacial score (nSPS) is 11.8. The van der Waals surface area contributed by atoms with E-state index >= 15 is 0 Å². The first kappa shape index (κ1) is 18.7. The highest BCUT2D eigenvalue weighted by Gasteiger charge is 2.14. The predicted molar refractivity (Wildman–Crippen MR) is 89.1 cm³/mol. The number of aryl methyl sites for hydroxylation is 1. The molecule has 0 aliphatic heterocycles. The van der Waals surface area contributed by atoms with Crippen molar-refractivity contribution in [2.75, 3.05) is 6.54 Å². The highest BCUT2D eigenvalue weighted by molar-refractivity contribution is 5.97. The first-order chi connectivity index (χ1) is 11.9. The Hall–Kier alpha value is -2.60. The lowest BCUT2D eigenvalue weighted by atomic mass is 10.0. The molecule has 2 aromatic rings. The smallest absolute Gasteiger partial charge is 0.220 e. The minimum Gasteiger partial charge on any atom is -0.387 e. The molecule has 1 unspecified atom stereocenters. The summed E-state index contributed by atoms with van der Waals surface area (Å²) in [4.78, 5) is 23.7. The molecule has 0 spiro atoms. The summed E-state index contributed by atoms with van der Waals surface area (Å²) in [6.07, 6.45) is -1.07. The molecule has 2 aromatic carbocycles. The van der Waals surface area contributed by atoms with Crippen molar-refractivity contribution in [3.63, 3.8) is 0 Å². The highest BCUT2D eigenvalue weighted by atomic mass is 19.2. The van der Waals surface area contributed by atoms with Crippen LogP contribution in [0, 0.1) is 18.6 Å². The Kier molecular flexibility index (Phi) is 6.36. The van der Waals surface area contributed by atoms with Gasteiger partial charge in [-0.05, 0) is 36.2 Å². The summed E-state index contributed by atoms with van der Waals surface area (Å²) >= 11 is 0. The van der Waals surface area contributed by atoms with E-state index in [1.54, 1.807) is 12.1 Å². The zero-order valence-corrected chi connectivity index (χ0v) is 13.8. The molecule has 0 saturated heterocycles. The van der Waals surface area contributed by atoms with Crippen LogP contribution in [0.1, 0.15) is 40.4 Å². The fourth-order valence-corrected chi connectivity index (χ4v) is 2.41. The van der Waals surface area contributed by atoms with Gasteiger partial charge in [0.1, 0.15) is 0 Å². The van der Waals surface area contributed by atoms with Crippen LogP contribution in [0.2, 0.25) is 0 Å². The number of benzene rings is 2. The van der Waals surface area contributed by atoms with Crippen LogP contribution in [0.4, 0.5) is 8.78 Å². The lowest BCUT2D eigenvalue weighted by molar-refractivity contribution is -0.121. The molecule has 0 fully saturated rings. The van der Waals surface area contributed by atoms with Crippen molar-refractivity contribution in [3.05, 3.63) is 70.8 Å². The molecule has 4 nitrogen and oxygen atoms in total. The number of aliphatic hydroxyl groups excluding tert-OH is 1. The molecule has 0 saturated carbocycles. The number of carbonyl (C=O) groups excluding carboxylic acids is 2. The second-order valence-electron chi connectivity index (χ2n) is 5.73. The van der Waals surface area contributed by atoms with Crippen LogP contribution < -0.4 is 5.32 Å². The van der Waals surface area contributed by atoms with E-state index in [1.165, 1.54) is 6.07 Å². The molecule has 0 radical (unpaired) electrons. The number of aliphatic hydroxyl groups is 1. The highest BCUT2D eigenvalue weighted by Crippen LogP contribution is 2.16. The van der Waals surface area contributed by atoms with Gasteiger partial charge in [-0.15, -0.1) is 0 Å². The molecule has 0 aliphatic rings. The lowest BCUT2D eigenvalue weighted by Crippen LogP contribution is -2.28. The molecule has 0 bridgehead atoms. The summed E-state index contributed by atoms with van der Waals surface area (Å²) in [7, 11) is 0. The van der Waals surface area contributed by atoms with Gasteiger partial charge in [-0.2, -0.15) is 0 Å². The van der Waals surface area contributed by atoms with Gasteiger partial charge in [-0.3, -0.25) is 9.59 Å². The van der Waals surface area contributed by atoms with Crippen LogP contribution in [0.5, 0.6) is 0 Å². The van der Waals surface area contributed by atoms with E-state index in [0.29, 0.717) is 0 Å².